The smallest absolute Gasteiger partial charge is 0.191 e. The van der Waals surface area contributed by atoms with Gasteiger partial charge in [-0.25, -0.2) is 9.67 Å². The Morgan fingerprint density at radius 2 is 2.05 bits per heavy atom. The van der Waals surface area contributed by atoms with Crippen LogP contribution in [0, 0.1) is 0 Å². The molecule has 0 saturated carbocycles. The van der Waals surface area contributed by atoms with Gasteiger partial charge in [0, 0.05) is 19.6 Å². The third kappa shape index (κ3) is 5.28. The van der Waals surface area contributed by atoms with Crippen LogP contribution in [0.25, 0.3) is 5.69 Å². The summed E-state index contributed by atoms with van der Waals surface area (Å²) < 4.78 is 1.74. The number of aromatic nitrogens is 3. The molecule has 0 fully saturated rings. The highest BCUT2D eigenvalue weighted by atomic mass is 127. The van der Waals surface area contributed by atoms with Crippen molar-refractivity contribution in [3.63, 3.8) is 0 Å². The van der Waals surface area contributed by atoms with Crippen molar-refractivity contribution in [2.75, 3.05) is 7.05 Å². The Bertz CT molecular complexity index is 564. The van der Waals surface area contributed by atoms with E-state index in [2.05, 4.69) is 51.7 Å². The van der Waals surface area contributed by atoms with E-state index in [0.717, 1.165) is 24.6 Å². The zero-order chi connectivity index (χ0) is 15.1. The quantitative estimate of drug-likeness (QED) is 0.448. The topological polar surface area (TPSA) is 67.1 Å². The van der Waals surface area contributed by atoms with E-state index in [1.807, 2.05) is 12.1 Å². The first-order valence-electron chi connectivity index (χ1n) is 7.14. The molecule has 120 valence electrons. The van der Waals surface area contributed by atoms with Crippen molar-refractivity contribution >= 4 is 29.9 Å². The molecule has 7 heteroatoms. The highest BCUT2D eigenvalue weighted by Gasteiger charge is 2.03. The summed E-state index contributed by atoms with van der Waals surface area (Å²) in [6, 6.07) is 8.60. The van der Waals surface area contributed by atoms with E-state index in [0.29, 0.717) is 6.04 Å². The number of hydrogen-bond acceptors (Lipinski definition) is 3. The lowest BCUT2D eigenvalue weighted by molar-refractivity contribution is 0.624. The van der Waals surface area contributed by atoms with Crippen molar-refractivity contribution in [1.82, 2.24) is 25.4 Å². The number of guanidine groups is 1. The maximum Gasteiger partial charge on any atom is 0.191 e. The van der Waals surface area contributed by atoms with Crippen LogP contribution < -0.4 is 10.6 Å². The molecule has 0 spiro atoms. The van der Waals surface area contributed by atoms with E-state index in [-0.39, 0.29) is 24.0 Å². The number of rotatable bonds is 5. The number of benzene rings is 1. The van der Waals surface area contributed by atoms with Crippen LogP contribution in [0.4, 0.5) is 0 Å². The van der Waals surface area contributed by atoms with Gasteiger partial charge in [0.05, 0.1) is 5.69 Å². The highest BCUT2D eigenvalue weighted by Crippen LogP contribution is 2.07. The zero-order valence-corrected chi connectivity index (χ0v) is 15.5. The summed E-state index contributed by atoms with van der Waals surface area (Å²) in [7, 11) is 1.78. The molecule has 0 aliphatic heterocycles. The van der Waals surface area contributed by atoms with Crippen LogP contribution in [0.2, 0.25) is 0 Å². The van der Waals surface area contributed by atoms with Gasteiger partial charge in [-0.05, 0) is 31.0 Å². The fourth-order valence-corrected chi connectivity index (χ4v) is 1.82. The van der Waals surface area contributed by atoms with E-state index < -0.39 is 0 Å². The molecule has 1 atom stereocenters. The largest absolute Gasteiger partial charge is 0.354 e. The van der Waals surface area contributed by atoms with Gasteiger partial charge >= 0.3 is 0 Å². The molecule has 22 heavy (non-hydrogen) atoms. The second kappa shape index (κ2) is 9.39. The fraction of sp³-hybridized carbons (Fsp3) is 0.400. The molecule has 1 unspecified atom stereocenters. The van der Waals surface area contributed by atoms with Crippen LogP contribution in [0.3, 0.4) is 0 Å². The lowest BCUT2D eigenvalue weighted by atomic mass is 10.2. The van der Waals surface area contributed by atoms with E-state index in [4.69, 9.17) is 0 Å². The standard InChI is InChI=1S/C15H22N6.HI/c1-4-12(2)20-15(16-3)18-9-13-5-7-14(8-6-13)21-11-17-10-19-21;/h5-8,10-12H,4,9H2,1-3H3,(H2,16,18,20);1H. The summed E-state index contributed by atoms with van der Waals surface area (Å²) >= 11 is 0. The summed E-state index contributed by atoms with van der Waals surface area (Å²) in [5.74, 6) is 0.824. The summed E-state index contributed by atoms with van der Waals surface area (Å²) in [5, 5.41) is 10.8. The van der Waals surface area contributed by atoms with Gasteiger partial charge in [-0.15, -0.1) is 24.0 Å². The number of nitrogens with one attached hydrogen (secondary N) is 2. The van der Waals surface area contributed by atoms with Crippen LogP contribution in [0.1, 0.15) is 25.8 Å². The molecule has 0 aliphatic rings. The first-order valence-corrected chi connectivity index (χ1v) is 7.14. The molecule has 0 saturated heterocycles. The molecule has 0 aliphatic carbocycles. The molecular formula is C15H23IN6. The maximum absolute atomic E-state index is 4.22. The Balaban J connectivity index is 0.00000242. The van der Waals surface area contributed by atoms with E-state index in [9.17, 15) is 0 Å². The lowest BCUT2D eigenvalue weighted by Crippen LogP contribution is -2.41. The highest BCUT2D eigenvalue weighted by molar-refractivity contribution is 14.0. The third-order valence-corrected chi connectivity index (χ3v) is 3.30. The van der Waals surface area contributed by atoms with E-state index in [1.165, 1.54) is 11.9 Å². The average molecular weight is 414 g/mol. The van der Waals surface area contributed by atoms with Gasteiger partial charge in [0.2, 0.25) is 0 Å². The predicted molar refractivity (Wildman–Crippen MR) is 99.9 cm³/mol. The first kappa shape index (κ1) is 18.4. The van der Waals surface area contributed by atoms with Crippen molar-refractivity contribution in [1.29, 1.82) is 0 Å². The van der Waals surface area contributed by atoms with Gasteiger partial charge in [0.25, 0.3) is 0 Å². The molecule has 1 heterocycles. The van der Waals surface area contributed by atoms with Crippen LogP contribution in [-0.4, -0.2) is 33.8 Å². The van der Waals surface area contributed by atoms with Crippen LogP contribution in [0.5, 0.6) is 0 Å². The van der Waals surface area contributed by atoms with Crippen molar-refractivity contribution in [3.8, 4) is 5.69 Å². The lowest BCUT2D eigenvalue weighted by Gasteiger charge is -2.16. The Morgan fingerprint density at radius 3 is 2.59 bits per heavy atom. The predicted octanol–water partition coefficient (Wildman–Crippen LogP) is 2.35. The number of halogens is 1. The molecule has 0 bridgehead atoms. The van der Waals surface area contributed by atoms with E-state index in [1.54, 1.807) is 18.1 Å². The van der Waals surface area contributed by atoms with Gasteiger partial charge in [0.15, 0.2) is 5.96 Å². The molecule has 2 aromatic rings. The number of aliphatic imine (C=N–C) groups is 1. The molecule has 0 amide bonds. The molecule has 6 nitrogen and oxygen atoms in total. The normalized spacial score (nSPS) is 12.4. The average Bonchev–Trinajstić information content (AvgIpc) is 3.06. The van der Waals surface area contributed by atoms with Crippen LogP contribution in [0.15, 0.2) is 41.9 Å². The summed E-state index contributed by atoms with van der Waals surface area (Å²) in [5.41, 5.74) is 2.18. The van der Waals surface area contributed by atoms with Crippen molar-refractivity contribution in [3.05, 3.63) is 42.5 Å². The Labute approximate surface area is 148 Å². The molecule has 1 aromatic carbocycles. The molecule has 2 rings (SSSR count). The maximum atomic E-state index is 4.22. The first-order chi connectivity index (χ1) is 10.2. The number of hydrogen-bond donors (Lipinski definition) is 2. The van der Waals surface area contributed by atoms with E-state index >= 15 is 0 Å². The summed E-state index contributed by atoms with van der Waals surface area (Å²) in [6.07, 6.45) is 4.28. The zero-order valence-electron chi connectivity index (χ0n) is 13.2. The second-order valence-corrected chi connectivity index (χ2v) is 4.89. The molecule has 2 N–H and O–H groups in total. The van der Waals surface area contributed by atoms with Gasteiger partial charge in [-0.3, -0.25) is 4.99 Å². The minimum atomic E-state index is 0. The minimum absolute atomic E-state index is 0. The number of nitrogens with zero attached hydrogens (tertiary/aromatic N) is 4. The fourth-order valence-electron chi connectivity index (χ4n) is 1.82. The van der Waals surface area contributed by atoms with Gasteiger partial charge in [-0.2, -0.15) is 5.10 Å². The van der Waals surface area contributed by atoms with Crippen LogP contribution >= 0.6 is 24.0 Å². The summed E-state index contributed by atoms with van der Waals surface area (Å²) in [6.45, 7) is 5.02. The monoisotopic (exact) mass is 414 g/mol. The second-order valence-electron chi connectivity index (χ2n) is 4.89. The summed E-state index contributed by atoms with van der Waals surface area (Å²) in [4.78, 5) is 8.16. The van der Waals surface area contributed by atoms with Gasteiger partial charge in [-0.1, -0.05) is 19.1 Å². The van der Waals surface area contributed by atoms with Gasteiger partial charge < -0.3 is 10.6 Å². The van der Waals surface area contributed by atoms with Crippen LogP contribution in [-0.2, 0) is 6.54 Å². The molecular weight excluding hydrogens is 391 g/mol. The van der Waals surface area contributed by atoms with Gasteiger partial charge in [0.1, 0.15) is 12.7 Å². The van der Waals surface area contributed by atoms with Crippen molar-refractivity contribution < 1.29 is 0 Å². The van der Waals surface area contributed by atoms with Crippen molar-refractivity contribution in [2.24, 2.45) is 4.99 Å². The van der Waals surface area contributed by atoms with Crippen molar-refractivity contribution in [2.45, 2.75) is 32.9 Å². The Kier molecular flexibility index (Phi) is 7.86. The SMILES string of the molecule is CCC(C)NC(=NC)NCc1ccc(-n2cncn2)cc1.I. The molecule has 1 aromatic heterocycles. The Morgan fingerprint density at radius 1 is 1.32 bits per heavy atom. The third-order valence-electron chi connectivity index (χ3n) is 3.30. The minimum Gasteiger partial charge on any atom is -0.354 e. The molecule has 0 radical (unpaired) electrons. The Hall–Kier alpha value is -1.64.